The van der Waals surface area contributed by atoms with Crippen molar-refractivity contribution >= 4 is 17.1 Å². The second-order valence-electron chi connectivity index (χ2n) is 7.42. The van der Waals surface area contributed by atoms with Crippen LogP contribution in [0.1, 0.15) is 24.6 Å². The molecule has 8 heteroatoms. The Morgan fingerprint density at radius 3 is 2.79 bits per heavy atom. The van der Waals surface area contributed by atoms with Crippen LogP contribution in [0.15, 0.2) is 35.4 Å². The molecule has 1 aliphatic carbocycles. The summed E-state index contributed by atoms with van der Waals surface area (Å²) in [6.07, 6.45) is 6.15. The largest absolute Gasteiger partial charge is 0.493 e. The zero-order chi connectivity index (χ0) is 20.5. The lowest BCUT2D eigenvalue weighted by molar-refractivity contribution is -0.116. The van der Waals surface area contributed by atoms with E-state index in [4.69, 9.17) is 9.47 Å². The predicted molar refractivity (Wildman–Crippen MR) is 109 cm³/mol. The molecule has 152 valence electrons. The van der Waals surface area contributed by atoms with Crippen LogP contribution in [0, 0.1) is 5.92 Å². The summed E-state index contributed by atoms with van der Waals surface area (Å²) in [6.45, 7) is 2.10. The van der Waals surface area contributed by atoms with Crippen molar-refractivity contribution in [3.8, 4) is 11.5 Å². The molecule has 8 nitrogen and oxygen atoms in total. The van der Waals surface area contributed by atoms with Crippen molar-refractivity contribution in [2.45, 2.75) is 32.7 Å². The van der Waals surface area contributed by atoms with Gasteiger partial charge in [0.25, 0.3) is 5.56 Å². The van der Waals surface area contributed by atoms with E-state index in [1.54, 1.807) is 42.2 Å². The summed E-state index contributed by atoms with van der Waals surface area (Å²) >= 11 is 0. The van der Waals surface area contributed by atoms with Gasteiger partial charge in [0.1, 0.15) is 12.1 Å². The minimum Gasteiger partial charge on any atom is -0.493 e. The summed E-state index contributed by atoms with van der Waals surface area (Å²) in [5.41, 5.74) is 2.96. The molecule has 1 aliphatic rings. The molecule has 0 spiro atoms. The second-order valence-corrected chi connectivity index (χ2v) is 7.42. The summed E-state index contributed by atoms with van der Waals surface area (Å²) in [6, 6.07) is 5.11. The number of amides is 1. The van der Waals surface area contributed by atoms with Gasteiger partial charge in [-0.2, -0.15) is 5.10 Å². The fourth-order valence-electron chi connectivity index (χ4n) is 3.84. The average Bonchev–Trinajstić information content (AvgIpc) is 3.08. The molecule has 1 amide bonds. The number of carbonyl (C=O) groups excluding carboxylic acids is 1. The van der Waals surface area contributed by atoms with Gasteiger partial charge in [-0.25, -0.2) is 4.52 Å². The SMILES string of the molecule is COc1ccc(NC(=O)Cn2ccn3nc4c(c3c2=O)C[C@@H](C)CC4)cc1OC. The third-order valence-corrected chi connectivity index (χ3v) is 5.35. The van der Waals surface area contributed by atoms with Gasteiger partial charge < -0.3 is 19.4 Å². The van der Waals surface area contributed by atoms with E-state index in [0.29, 0.717) is 28.6 Å². The Morgan fingerprint density at radius 1 is 1.24 bits per heavy atom. The summed E-state index contributed by atoms with van der Waals surface area (Å²) in [7, 11) is 3.08. The first-order valence-corrected chi connectivity index (χ1v) is 9.61. The number of aryl methyl sites for hydroxylation is 1. The normalized spacial score (nSPS) is 15.8. The highest BCUT2D eigenvalue weighted by atomic mass is 16.5. The second kappa shape index (κ2) is 7.62. The Morgan fingerprint density at radius 2 is 2.03 bits per heavy atom. The Bertz CT molecular complexity index is 1130. The lowest BCUT2D eigenvalue weighted by Crippen LogP contribution is -2.28. The monoisotopic (exact) mass is 396 g/mol. The van der Waals surface area contributed by atoms with Crippen LogP contribution < -0.4 is 20.3 Å². The molecule has 29 heavy (non-hydrogen) atoms. The number of fused-ring (bicyclic) bond motifs is 3. The van der Waals surface area contributed by atoms with Crippen molar-refractivity contribution in [3.05, 3.63) is 52.2 Å². The molecule has 0 bridgehead atoms. The van der Waals surface area contributed by atoms with Crippen LogP contribution in [-0.2, 0) is 24.2 Å². The molecule has 0 saturated carbocycles. The van der Waals surface area contributed by atoms with E-state index >= 15 is 0 Å². The highest BCUT2D eigenvalue weighted by Crippen LogP contribution is 2.30. The van der Waals surface area contributed by atoms with E-state index in [0.717, 1.165) is 30.5 Å². The van der Waals surface area contributed by atoms with Crippen molar-refractivity contribution < 1.29 is 14.3 Å². The first-order chi connectivity index (χ1) is 14.0. The van der Waals surface area contributed by atoms with Gasteiger partial charge >= 0.3 is 0 Å². The Labute approximate surface area is 168 Å². The van der Waals surface area contributed by atoms with Crippen molar-refractivity contribution in [2.24, 2.45) is 5.92 Å². The van der Waals surface area contributed by atoms with Crippen LogP contribution in [0.25, 0.3) is 5.52 Å². The van der Waals surface area contributed by atoms with Gasteiger partial charge in [0, 0.05) is 29.7 Å². The van der Waals surface area contributed by atoms with E-state index in [1.807, 2.05) is 0 Å². The average molecular weight is 396 g/mol. The van der Waals surface area contributed by atoms with Crippen LogP contribution in [0.5, 0.6) is 11.5 Å². The summed E-state index contributed by atoms with van der Waals surface area (Å²) in [5.74, 6) is 1.32. The number of carbonyl (C=O) groups is 1. The molecule has 1 aromatic carbocycles. The molecule has 0 aliphatic heterocycles. The maximum absolute atomic E-state index is 13.0. The van der Waals surface area contributed by atoms with Gasteiger partial charge in [-0.3, -0.25) is 9.59 Å². The number of anilines is 1. The minimum absolute atomic E-state index is 0.0841. The van der Waals surface area contributed by atoms with Crippen molar-refractivity contribution in [1.29, 1.82) is 0 Å². The van der Waals surface area contributed by atoms with Gasteiger partial charge in [-0.05, 0) is 37.3 Å². The topological polar surface area (TPSA) is 86.9 Å². The number of nitrogens with zero attached hydrogens (tertiary/aromatic N) is 3. The number of nitrogens with one attached hydrogen (secondary N) is 1. The molecule has 1 N–H and O–H groups in total. The fraction of sp³-hybridized carbons (Fsp3) is 0.381. The molecule has 0 radical (unpaired) electrons. The first kappa shape index (κ1) is 19.0. The minimum atomic E-state index is -0.301. The lowest BCUT2D eigenvalue weighted by atomic mass is 9.88. The molecule has 2 aromatic heterocycles. The van der Waals surface area contributed by atoms with E-state index in [-0.39, 0.29) is 18.0 Å². The molecular formula is C21H24N4O4. The van der Waals surface area contributed by atoms with Crippen molar-refractivity contribution in [1.82, 2.24) is 14.2 Å². The quantitative estimate of drug-likeness (QED) is 0.715. The Balaban J connectivity index is 1.58. The number of methoxy groups -OCH3 is 2. The van der Waals surface area contributed by atoms with E-state index in [9.17, 15) is 9.59 Å². The van der Waals surface area contributed by atoms with Crippen LogP contribution in [0.3, 0.4) is 0 Å². The molecule has 2 heterocycles. The van der Waals surface area contributed by atoms with Gasteiger partial charge in [0.05, 0.1) is 19.9 Å². The Kier molecular flexibility index (Phi) is 5.00. The third-order valence-electron chi connectivity index (χ3n) is 5.35. The number of hydrogen-bond donors (Lipinski definition) is 1. The van der Waals surface area contributed by atoms with Gasteiger partial charge in [-0.1, -0.05) is 6.92 Å². The molecular weight excluding hydrogens is 372 g/mol. The number of ether oxygens (including phenoxy) is 2. The zero-order valence-electron chi connectivity index (χ0n) is 16.8. The van der Waals surface area contributed by atoms with E-state index < -0.39 is 0 Å². The maximum atomic E-state index is 13.0. The van der Waals surface area contributed by atoms with Crippen LogP contribution in [-0.4, -0.2) is 34.3 Å². The van der Waals surface area contributed by atoms with Crippen LogP contribution in [0.2, 0.25) is 0 Å². The maximum Gasteiger partial charge on any atom is 0.277 e. The molecule has 4 rings (SSSR count). The molecule has 1 atom stereocenters. The summed E-state index contributed by atoms with van der Waals surface area (Å²) in [5, 5.41) is 7.35. The number of benzene rings is 1. The van der Waals surface area contributed by atoms with Crippen molar-refractivity contribution in [2.75, 3.05) is 19.5 Å². The van der Waals surface area contributed by atoms with Crippen LogP contribution in [0.4, 0.5) is 5.69 Å². The Hall–Kier alpha value is -3.29. The smallest absolute Gasteiger partial charge is 0.277 e. The van der Waals surface area contributed by atoms with E-state index in [1.165, 1.54) is 11.7 Å². The van der Waals surface area contributed by atoms with Crippen molar-refractivity contribution in [3.63, 3.8) is 0 Å². The van der Waals surface area contributed by atoms with E-state index in [2.05, 4.69) is 17.3 Å². The van der Waals surface area contributed by atoms with Gasteiger partial charge in [-0.15, -0.1) is 0 Å². The van der Waals surface area contributed by atoms with Crippen LogP contribution >= 0.6 is 0 Å². The first-order valence-electron chi connectivity index (χ1n) is 9.61. The number of hydrogen-bond acceptors (Lipinski definition) is 5. The number of aromatic nitrogens is 3. The summed E-state index contributed by atoms with van der Waals surface area (Å²) in [4.78, 5) is 25.6. The van der Waals surface area contributed by atoms with Gasteiger partial charge in [0.2, 0.25) is 5.91 Å². The predicted octanol–water partition coefficient (Wildman–Crippen LogP) is 2.28. The standard InChI is InChI=1S/C21H24N4O4/c1-13-4-6-16-15(10-13)20-21(27)24(8-9-25(20)23-16)12-19(26)22-14-5-7-17(28-2)18(11-14)29-3/h5,7-9,11,13H,4,6,10,12H2,1-3H3,(H,22,26)/t13-/m0/s1. The molecule has 0 unspecified atom stereocenters. The highest BCUT2D eigenvalue weighted by molar-refractivity contribution is 5.91. The molecule has 3 aromatic rings. The highest BCUT2D eigenvalue weighted by Gasteiger charge is 2.23. The lowest BCUT2D eigenvalue weighted by Gasteiger charge is -2.16. The van der Waals surface area contributed by atoms with Gasteiger partial charge in [0.15, 0.2) is 11.5 Å². The molecule has 0 fully saturated rings. The third kappa shape index (κ3) is 3.57. The fourth-order valence-corrected chi connectivity index (χ4v) is 3.84. The summed E-state index contributed by atoms with van der Waals surface area (Å²) < 4.78 is 13.5. The number of rotatable bonds is 5. The molecule has 0 saturated heterocycles. The zero-order valence-corrected chi connectivity index (χ0v) is 16.8.